The van der Waals surface area contributed by atoms with E-state index in [0.717, 1.165) is 172 Å². The smallest absolute Gasteiger partial charge is 0.298 e. The van der Waals surface area contributed by atoms with E-state index in [9.17, 15) is 20.1 Å². The number of aldehydes is 1. The zero-order chi connectivity index (χ0) is 103. The van der Waals surface area contributed by atoms with Gasteiger partial charge in [-0.1, -0.05) is 79.4 Å². The van der Waals surface area contributed by atoms with E-state index >= 15 is 0 Å². The van der Waals surface area contributed by atoms with Crippen LogP contribution in [0.25, 0.3) is 22.2 Å². The predicted molar refractivity (Wildman–Crippen MR) is 558 cm³/mol. The van der Waals surface area contributed by atoms with Gasteiger partial charge in [0.1, 0.15) is 127 Å². The Morgan fingerprint density at radius 3 is 1.00 bits per heavy atom. The summed E-state index contributed by atoms with van der Waals surface area (Å²) in [6, 6.07) is 98.9. The molecule has 2 aromatic heterocycles. The van der Waals surface area contributed by atoms with Crippen molar-refractivity contribution in [2.75, 3.05) is 127 Å². The van der Waals surface area contributed by atoms with E-state index in [1.54, 1.807) is 129 Å². The molecular formula is C112H128ClN9O21. The van der Waals surface area contributed by atoms with Crippen LogP contribution in [0.3, 0.4) is 0 Å². The highest BCUT2D eigenvalue weighted by Crippen LogP contribution is 2.28. The molecule has 0 bridgehead atoms. The quantitative estimate of drug-likeness (QED) is 0.00976. The summed E-state index contributed by atoms with van der Waals surface area (Å²) < 4.78 is 79.5. The average Bonchev–Trinajstić information content (AvgIpc) is 1.68. The summed E-state index contributed by atoms with van der Waals surface area (Å²) in [4.78, 5) is 20.7. The number of para-hydroxylation sites is 4. The highest BCUT2D eigenvalue weighted by molar-refractivity contribution is 6.28. The van der Waals surface area contributed by atoms with Gasteiger partial charge in [0.2, 0.25) is 0 Å². The number of fused-ring (bicyclic) bond motifs is 2. The molecule has 143 heavy (non-hydrogen) atoms. The third-order valence-electron chi connectivity index (χ3n) is 19.2. The molecule has 31 heteroatoms. The van der Waals surface area contributed by atoms with Crippen LogP contribution in [0.15, 0.2) is 337 Å². The predicted octanol–water partition coefficient (Wildman–Crippen LogP) is 21.6. The van der Waals surface area contributed by atoms with Gasteiger partial charge >= 0.3 is 0 Å². The lowest BCUT2D eigenvalue weighted by atomic mass is 10.2. The maximum absolute atomic E-state index is 10.0. The molecule has 0 atom stereocenters. The maximum Gasteiger partial charge on any atom is 0.298 e. The Kier molecular flexibility index (Phi) is 57.2. The molecule has 0 aliphatic carbocycles. The number of hydrogen-bond acceptors (Lipinski definition) is 30. The number of nitrogens with zero attached hydrogens (tertiary/aromatic N) is 5. The van der Waals surface area contributed by atoms with Gasteiger partial charge < -0.3 is 123 Å². The largest absolute Gasteiger partial charge is 0.508 e. The number of aromatic nitrogens is 2. The highest BCUT2D eigenvalue weighted by atomic mass is 35.5. The number of nitrogens with one attached hydrogen (secondary N) is 2. The molecule has 0 radical (unpaired) electrons. The summed E-state index contributed by atoms with van der Waals surface area (Å²) >= 11 is 5.51. The topological polar surface area (TPSA) is 417 Å². The van der Waals surface area contributed by atoms with Crippen molar-refractivity contribution in [1.82, 2.24) is 20.6 Å². The van der Waals surface area contributed by atoms with E-state index in [2.05, 4.69) is 32.1 Å². The lowest BCUT2D eigenvalue weighted by molar-refractivity contribution is 0.112. The van der Waals surface area contributed by atoms with Gasteiger partial charge in [-0.15, -0.1) is 0 Å². The second kappa shape index (κ2) is 71.0. The van der Waals surface area contributed by atoms with E-state index in [-0.39, 0.29) is 22.6 Å². The number of allylic oxidation sites excluding steroid dienone is 1. The summed E-state index contributed by atoms with van der Waals surface area (Å²) in [5.41, 5.74) is 17.4. The van der Waals surface area contributed by atoms with Gasteiger partial charge in [-0.25, -0.2) is 0 Å². The fraction of sp³-hybridized carbons (Fsp3) is 0.241. The summed E-state index contributed by atoms with van der Waals surface area (Å²) in [6.45, 7) is 12.6. The first-order valence-corrected chi connectivity index (χ1v) is 46.0. The molecule has 11 N–H and O–H groups in total. The number of rotatable bonds is 41. The Labute approximate surface area is 841 Å². The minimum Gasteiger partial charge on any atom is -0.508 e. The molecule has 13 aromatic carbocycles. The van der Waals surface area contributed by atoms with Gasteiger partial charge in [-0.3, -0.25) is 4.79 Å². The molecule has 2 heterocycles. The van der Waals surface area contributed by atoms with Crippen molar-refractivity contribution < 1.29 is 101 Å². The number of hydrogen-bond donors (Lipinski definition) is 9. The van der Waals surface area contributed by atoms with E-state index in [0.29, 0.717) is 102 Å². The van der Waals surface area contributed by atoms with Crippen LogP contribution in [0.5, 0.6) is 103 Å². The minimum atomic E-state index is 0.125. The number of halogens is 1. The number of phenols is 5. The van der Waals surface area contributed by atoms with E-state index in [1.165, 1.54) is 18.2 Å². The molecule has 15 aromatic rings. The fourth-order valence-corrected chi connectivity index (χ4v) is 12.1. The SMILES string of the molecule is C=CC#N.COc1ccc(O)cc1.COc1ccc(OCCC#N)cc1.COc1ccc(OCCCN(Cc2cccc(O)c2)c2nc3ccccc3o2)cc1.COc1ccc(OCCCN)cc1.COc1ccc(OCCCN)cc1.COc1ccc(OCCCNCc2cccc(O)c2)cc1.COc1ccc(OCCCNCc2cccc(O)c2)cc1.Clc1nc2ccccc2o1.O=Cc1cccc(O)c1. The van der Waals surface area contributed by atoms with Crippen molar-refractivity contribution in [2.45, 2.75) is 58.2 Å². The van der Waals surface area contributed by atoms with Gasteiger partial charge in [0, 0.05) is 37.8 Å². The van der Waals surface area contributed by atoms with Crippen LogP contribution < -0.4 is 88.6 Å². The van der Waals surface area contributed by atoms with E-state index in [1.807, 2.05) is 237 Å². The molecule has 0 saturated carbocycles. The lowest BCUT2D eigenvalue weighted by Gasteiger charge is -2.21. The number of phenolic OH excluding ortho intramolecular Hbond substituents is 5. The fourth-order valence-electron chi connectivity index (χ4n) is 11.9. The summed E-state index contributed by atoms with van der Waals surface area (Å²) in [6.07, 6.45) is 6.67. The third kappa shape index (κ3) is 49.6. The summed E-state index contributed by atoms with van der Waals surface area (Å²) in [5.74, 6) is 11.9. The van der Waals surface area contributed by atoms with Crippen LogP contribution in [0.1, 0.15) is 65.6 Å². The number of oxazole rings is 2. The Morgan fingerprint density at radius 1 is 0.371 bits per heavy atom. The van der Waals surface area contributed by atoms with Gasteiger partial charge in [0.15, 0.2) is 11.2 Å². The van der Waals surface area contributed by atoms with E-state index < -0.39 is 0 Å². The van der Waals surface area contributed by atoms with Crippen molar-refractivity contribution in [3.63, 3.8) is 0 Å². The van der Waals surface area contributed by atoms with Gasteiger partial charge in [-0.05, 0) is 329 Å². The number of nitriles is 2. The second-order valence-electron chi connectivity index (χ2n) is 29.8. The van der Waals surface area contributed by atoms with Crippen LogP contribution in [-0.4, -0.2) is 164 Å². The molecule has 0 amide bonds. The Bertz CT molecular complexity index is 5800. The zero-order valence-electron chi connectivity index (χ0n) is 81.6. The second-order valence-corrected chi connectivity index (χ2v) is 30.1. The van der Waals surface area contributed by atoms with Crippen molar-refractivity contribution in [1.29, 1.82) is 10.5 Å². The number of carbonyl (C=O) groups excluding carboxylic acids is 1. The Balaban J connectivity index is 0.000000252. The molecule has 0 aliphatic heterocycles. The molecule has 0 unspecified atom stereocenters. The molecule has 0 aliphatic rings. The van der Waals surface area contributed by atoms with Crippen LogP contribution in [0.4, 0.5) is 6.01 Å². The summed E-state index contributed by atoms with van der Waals surface area (Å²) in [5, 5.41) is 68.7. The van der Waals surface area contributed by atoms with Crippen LogP contribution in [-0.2, 0) is 19.6 Å². The van der Waals surface area contributed by atoms with Crippen molar-refractivity contribution >= 4 is 46.1 Å². The molecule has 0 spiro atoms. The number of benzene rings is 13. The standard InChI is InChI=1S/C24H24N2O4.2C17H21NO3.2C10H15NO2.C10H11NO2.C7H4ClNO.C7H8O2.C7H6O2.C3H3N/c1-28-20-10-12-21(13-11-20)29-15-5-14-26(17-18-6-4-7-19(27)16-18)24-25-22-8-2-3-9-23(22)30-24;2*1-20-16-6-8-17(9-7-16)21-11-3-10-18-13-14-4-2-5-15(19)12-14;3*1-12-9-3-5-10(6-4-9)13-8-2-7-11;8-7-9-5-3-1-2-4-6(5)10-7;1-9-7-4-2-6(8)3-5-7;8-5-6-2-1-3-7(9)4-6;1-2-3-4/h2-4,6-13,16,27H,5,14-15,17H2,1H3;2*2,4-9,12,18-19H,3,10-11,13H2,1H3;2*3-6H,2,7-8,11H2,1H3;3-6H,2,8H2,1H3;1-4H;2-5,8H,1H3;1-5,9H;2H,1H2. The number of ether oxygens (including phenoxy) is 13. The molecule has 754 valence electrons. The number of nitrogens with two attached hydrogens (primary N) is 2. The first kappa shape index (κ1) is 115. The normalized spacial score (nSPS) is 9.85. The molecule has 30 nitrogen and oxygen atoms in total. The molecule has 0 saturated heterocycles. The van der Waals surface area contributed by atoms with Crippen molar-refractivity contribution in [2.24, 2.45) is 11.5 Å². The molecule has 15 rings (SSSR count). The minimum absolute atomic E-state index is 0.125. The van der Waals surface area contributed by atoms with Gasteiger partial charge in [0.25, 0.3) is 11.4 Å². The monoisotopic (exact) mass is 1970 g/mol. The third-order valence-corrected chi connectivity index (χ3v) is 19.4. The Morgan fingerprint density at radius 2 is 0.678 bits per heavy atom. The molecule has 0 fully saturated rings. The van der Waals surface area contributed by atoms with Gasteiger partial charge in [0.05, 0.1) is 101 Å². The first-order chi connectivity index (χ1) is 69.8. The van der Waals surface area contributed by atoms with Gasteiger partial charge in [-0.2, -0.15) is 20.5 Å². The Hall–Kier alpha value is -16.5. The molecular weight excluding hydrogens is 1840 g/mol. The average molecular weight is 1970 g/mol. The van der Waals surface area contributed by atoms with Crippen LogP contribution in [0.2, 0.25) is 5.35 Å². The van der Waals surface area contributed by atoms with Crippen LogP contribution >= 0.6 is 11.6 Å². The first-order valence-electron chi connectivity index (χ1n) is 45.6. The van der Waals surface area contributed by atoms with Crippen molar-refractivity contribution in [3.05, 3.63) is 356 Å². The van der Waals surface area contributed by atoms with Crippen molar-refractivity contribution in [3.8, 4) is 116 Å². The number of methoxy groups -OCH3 is 7. The lowest BCUT2D eigenvalue weighted by Crippen LogP contribution is -2.25. The number of anilines is 1. The summed E-state index contributed by atoms with van der Waals surface area (Å²) in [7, 11) is 11.4. The number of aromatic hydroxyl groups is 5. The maximum atomic E-state index is 10.0. The van der Waals surface area contributed by atoms with E-state index in [4.69, 9.17) is 114 Å². The number of carbonyl (C=O) groups is 1. The highest BCUT2D eigenvalue weighted by Gasteiger charge is 2.16. The zero-order valence-corrected chi connectivity index (χ0v) is 82.3. The van der Waals surface area contributed by atoms with Crippen LogP contribution in [0, 0.1) is 22.7 Å².